The number of pyridine rings is 1. The minimum absolute atomic E-state index is 0.0566. The first kappa shape index (κ1) is 16.5. The smallest absolute Gasteiger partial charge is 0.272 e. The van der Waals surface area contributed by atoms with E-state index in [1.54, 1.807) is 18.3 Å². The second kappa shape index (κ2) is 7.45. The molecular weight excluding hydrogens is 302 g/mol. The number of aromatic nitrogens is 1. The van der Waals surface area contributed by atoms with E-state index in [1.807, 2.05) is 42.2 Å². The van der Waals surface area contributed by atoms with Gasteiger partial charge in [0, 0.05) is 31.4 Å². The quantitative estimate of drug-likeness (QED) is 0.938. The Hall–Kier alpha value is -2.40. The van der Waals surface area contributed by atoms with Crippen molar-refractivity contribution in [2.24, 2.45) is 11.7 Å². The van der Waals surface area contributed by atoms with Crippen LogP contribution in [0.4, 0.5) is 0 Å². The van der Waals surface area contributed by atoms with E-state index in [0.717, 1.165) is 25.1 Å². The van der Waals surface area contributed by atoms with E-state index in [0.29, 0.717) is 23.9 Å². The van der Waals surface area contributed by atoms with Crippen LogP contribution in [0.5, 0.6) is 11.5 Å². The van der Waals surface area contributed by atoms with Crippen molar-refractivity contribution >= 4 is 5.91 Å². The summed E-state index contributed by atoms with van der Waals surface area (Å²) in [6, 6.07) is 13.0. The highest BCUT2D eigenvalue weighted by atomic mass is 16.5. The van der Waals surface area contributed by atoms with Crippen LogP contribution in [-0.2, 0) is 0 Å². The molecule has 24 heavy (non-hydrogen) atoms. The van der Waals surface area contributed by atoms with Gasteiger partial charge in [-0.05, 0) is 43.9 Å². The Morgan fingerprint density at radius 2 is 2.08 bits per heavy atom. The highest BCUT2D eigenvalue weighted by molar-refractivity contribution is 5.92. The number of carbonyl (C=O) groups is 1. The predicted molar refractivity (Wildman–Crippen MR) is 93.0 cm³/mol. The summed E-state index contributed by atoms with van der Waals surface area (Å²) in [4.78, 5) is 18.8. The third-order valence-electron chi connectivity index (χ3n) is 4.42. The fourth-order valence-corrected chi connectivity index (χ4v) is 3.00. The molecule has 1 aliphatic heterocycles. The molecule has 126 valence electrons. The van der Waals surface area contributed by atoms with Gasteiger partial charge in [0.1, 0.15) is 17.2 Å². The normalized spacial score (nSPS) is 18.9. The zero-order valence-electron chi connectivity index (χ0n) is 13.9. The van der Waals surface area contributed by atoms with Crippen LogP contribution in [0.25, 0.3) is 0 Å². The molecule has 1 aromatic heterocycles. The average Bonchev–Trinajstić information content (AvgIpc) is 2.62. The summed E-state index contributed by atoms with van der Waals surface area (Å²) in [6.07, 6.45) is 3.67. The lowest BCUT2D eigenvalue weighted by atomic mass is 9.92. The van der Waals surface area contributed by atoms with Crippen LogP contribution in [0.15, 0.2) is 48.7 Å². The fraction of sp³-hybridized carbons (Fsp3) is 0.368. The van der Waals surface area contributed by atoms with Crippen molar-refractivity contribution < 1.29 is 9.53 Å². The third kappa shape index (κ3) is 3.92. The summed E-state index contributed by atoms with van der Waals surface area (Å²) in [7, 11) is 0. The van der Waals surface area contributed by atoms with Crippen LogP contribution in [0.3, 0.4) is 0 Å². The van der Waals surface area contributed by atoms with Crippen LogP contribution in [-0.4, -0.2) is 34.9 Å². The Morgan fingerprint density at radius 3 is 2.83 bits per heavy atom. The van der Waals surface area contributed by atoms with Crippen molar-refractivity contribution in [1.82, 2.24) is 9.88 Å². The Labute approximate surface area is 142 Å². The molecule has 3 rings (SSSR count). The number of para-hydroxylation sites is 1. The van der Waals surface area contributed by atoms with E-state index in [2.05, 4.69) is 4.98 Å². The highest BCUT2D eigenvalue weighted by Gasteiger charge is 2.27. The maximum absolute atomic E-state index is 12.7. The summed E-state index contributed by atoms with van der Waals surface area (Å²) in [5.74, 6) is 1.64. The molecule has 0 saturated carbocycles. The van der Waals surface area contributed by atoms with Crippen molar-refractivity contribution in [3.05, 3.63) is 54.4 Å². The molecule has 1 amide bonds. The fourth-order valence-electron chi connectivity index (χ4n) is 3.00. The largest absolute Gasteiger partial charge is 0.457 e. The van der Waals surface area contributed by atoms with Gasteiger partial charge in [-0.3, -0.25) is 9.78 Å². The van der Waals surface area contributed by atoms with E-state index < -0.39 is 0 Å². The van der Waals surface area contributed by atoms with E-state index in [4.69, 9.17) is 10.5 Å². The lowest BCUT2D eigenvalue weighted by Crippen LogP contribution is -2.45. The molecule has 0 radical (unpaired) electrons. The third-order valence-corrected chi connectivity index (χ3v) is 4.42. The second-order valence-corrected chi connectivity index (χ2v) is 6.30. The predicted octanol–water partition coefficient (Wildman–Crippen LogP) is 3.07. The summed E-state index contributed by atoms with van der Waals surface area (Å²) >= 11 is 0. The van der Waals surface area contributed by atoms with E-state index >= 15 is 0 Å². The number of nitrogens with two attached hydrogens (primary N) is 1. The van der Waals surface area contributed by atoms with Crippen molar-refractivity contribution in [3.63, 3.8) is 0 Å². The van der Waals surface area contributed by atoms with Gasteiger partial charge in [0.15, 0.2) is 0 Å². The molecule has 1 aliphatic rings. The van der Waals surface area contributed by atoms with Gasteiger partial charge in [0.2, 0.25) is 0 Å². The van der Waals surface area contributed by atoms with Gasteiger partial charge < -0.3 is 15.4 Å². The molecule has 5 nitrogen and oxygen atoms in total. The number of rotatable bonds is 4. The number of benzene rings is 1. The number of ether oxygens (including phenoxy) is 1. The number of amides is 1. The molecule has 1 saturated heterocycles. The van der Waals surface area contributed by atoms with Crippen LogP contribution < -0.4 is 10.5 Å². The molecule has 2 atom stereocenters. The molecule has 2 unspecified atom stereocenters. The minimum atomic E-state index is -0.0566. The Bertz CT molecular complexity index is 688. The Morgan fingerprint density at radius 1 is 1.29 bits per heavy atom. The molecule has 2 N–H and O–H groups in total. The summed E-state index contributed by atoms with van der Waals surface area (Å²) in [6.45, 7) is 3.46. The topological polar surface area (TPSA) is 68.5 Å². The van der Waals surface area contributed by atoms with Gasteiger partial charge in [0.25, 0.3) is 5.91 Å². The zero-order valence-corrected chi connectivity index (χ0v) is 13.9. The highest BCUT2D eigenvalue weighted by Crippen LogP contribution is 2.23. The standard InChI is InChI=1S/C19H23N3O2/c1-14(20)15-6-5-11-22(13-15)19(23)18-12-17(9-10-21-18)24-16-7-3-2-4-8-16/h2-4,7-10,12,14-15H,5-6,11,13,20H2,1H3. The van der Waals surface area contributed by atoms with Gasteiger partial charge in [-0.1, -0.05) is 18.2 Å². The summed E-state index contributed by atoms with van der Waals surface area (Å²) in [5.41, 5.74) is 6.42. The molecule has 0 aliphatic carbocycles. The van der Waals surface area contributed by atoms with Crippen molar-refractivity contribution in [2.75, 3.05) is 13.1 Å². The van der Waals surface area contributed by atoms with Crippen LogP contribution in [0.1, 0.15) is 30.3 Å². The molecule has 0 spiro atoms. The van der Waals surface area contributed by atoms with Crippen molar-refractivity contribution in [2.45, 2.75) is 25.8 Å². The molecule has 1 fully saturated rings. The van der Waals surface area contributed by atoms with Crippen LogP contribution in [0, 0.1) is 5.92 Å². The summed E-state index contributed by atoms with van der Waals surface area (Å²) in [5, 5.41) is 0. The number of piperidine rings is 1. The maximum Gasteiger partial charge on any atom is 0.272 e. The van der Waals surface area contributed by atoms with Gasteiger partial charge in [0.05, 0.1) is 0 Å². The molecule has 5 heteroatoms. The monoisotopic (exact) mass is 325 g/mol. The minimum Gasteiger partial charge on any atom is -0.457 e. The van der Waals surface area contributed by atoms with Crippen LogP contribution in [0.2, 0.25) is 0 Å². The molecule has 2 heterocycles. The number of nitrogens with zero attached hydrogens (tertiary/aromatic N) is 2. The number of hydrogen-bond acceptors (Lipinski definition) is 4. The van der Waals surface area contributed by atoms with Gasteiger partial charge >= 0.3 is 0 Å². The zero-order chi connectivity index (χ0) is 16.9. The molecule has 0 bridgehead atoms. The number of likely N-dealkylation sites (tertiary alicyclic amines) is 1. The van der Waals surface area contributed by atoms with E-state index in [1.165, 1.54) is 0 Å². The van der Waals surface area contributed by atoms with Crippen LogP contribution >= 0.6 is 0 Å². The SMILES string of the molecule is CC(N)C1CCCN(C(=O)c2cc(Oc3ccccc3)ccn2)C1. The van der Waals surface area contributed by atoms with Gasteiger partial charge in [-0.2, -0.15) is 0 Å². The molecular formula is C19H23N3O2. The van der Waals surface area contributed by atoms with Crippen molar-refractivity contribution in [1.29, 1.82) is 0 Å². The first-order chi connectivity index (χ1) is 11.6. The Kier molecular flexibility index (Phi) is 5.11. The van der Waals surface area contributed by atoms with Gasteiger partial charge in [-0.15, -0.1) is 0 Å². The second-order valence-electron chi connectivity index (χ2n) is 6.30. The molecule has 1 aromatic carbocycles. The van der Waals surface area contributed by atoms with Crippen molar-refractivity contribution in [3.8, 4) is 11.5 Å². The average molecular weight is 325 g/mol. The number of carbonyl (C=O) groups excluding carboxylic acids is 1. The molecule has 2 aromatic rings. The Balaban J connectivity index is 1.72. The van der Waals surface area contributed by atoms with E-state index in [-0.39, 0.29) is 11.9 Å². The summed E-state index contributed by atoms with van der Waals surface area (Å²) < 4.78 is 5.79. The van der Waals surface area contributed by atoms with E-state index in [9.17, 15) is 4.79 Å². The maximum atomic E-state index is 12.7. The lowest BCUT2D eigenvalue weighted by molar-refractivity contribution is 0.0654. The number of hydrogen-bond donors (Lipinski definition) is 1. The van der Waals surface area contributed by atoms with Gasteiger partial charge in [-0.25, -0.2) is 0 Å². The lowest BCUT2D eigenvalue weighted by Gasteiger charge is -2.34. The first-order valence-corrected chi connectivity index (χ1v) is 8.37. The first-order valence-electron chi connectivity index (χ1n) is 8.37.